The molecule has 0 bridgehead atoms. The normalized spacial score (nSPS) is 18.9. The number of esters is 1. The third-order valence-corrected chi connectivity index (χ3v) is 4.45. The van der Waals surface area contributed by atoms with Crippen LogP contribution in [0.5, 0.6) is 0 Å². The number of halogens is 6. The van der Waals surface area contributed by atoms with Crippen LogP contribution in [0.15, 0.2) is 46.7 Å². The Hall–Kier alpha value is -3.37. The van der Waals surface area contributed by atoms with Gasteiger partial charge in [0.2, 0.25) is 0 Å². The van der Waals surface area contributed by atoms with Gasteiger partial charge in [-0.05, 0) is 24.6 Å². The van der Waals surface area contributed by atoms with Crippen molar-refractivity contribution < 1.29 is 35.9 Å². The summed E-state index contributed by atoms with van der Waals surface area (Å²) in [7, 11) is 0.935. The zero-order valence-electron chi connectivity index (χ0n) is 15.4. The van der Waals surface area contributed by atoms with E-state index in [1.807, 2.05) is 0 Å². The molecule has 1 atom stereocenters. The second-order valence-electron chi connectivity index (χ2n) is 6.26. The molecule has 11 heteroatoms. The molecule has 5 nitrogen and oxygen atoms in total. The number of ether oxygens (including phenoxy) is 1. The first-order valence-corrected chi connectivity index (χ1v) is 8.33. The van der Waals surface area contributed by atoms with Gasteiger partial charge in [0.25, 0.3) is 6.43 Å². The monoisotopic (exact) mass is 429 g/mol. The minimum absolute atomic E-state index is 0.220. The number of benzene rings is 1. The number of aliphatic imine (C=N–C) groups is 1. The Balaban J connectivity index is 2.36. The number of methoxy groups -OCH3 is 1. The van der Waals surface area contributed by atoms with Gasteiger partial charge < -0.3 is 10.1 Å². The number of hydrogen-bond donors (Lipinski definition) is 1. The highest BCUT2D eigenvalue weighted by Gasteiger charge is 2.52. The van der Waals surface area contributed by atoms with Crippen LogP contribution in [0.25, 0.3) is 0 Å². The van der Waals surface area contributed by atoms with Crippen LogP contribution < -0.4 is 5.32 Å². The van der Waals surface area contributed by atoms with Gasteiger partial charge in [-0.1, -0.05) is 6.07 Å². The van der Waals surface area contributed by atoms with E-state index in [0.717, 1.165) is 13.2 Å². The summed E-state index contributed by atoms with van der Waals surface area (Å²) < 4.78 is 88.3. The molecule has 1 aromatic carbocycles. The lowest BCUT2D eigenvalue weighted by molar-refractivity contribution is -0.138. The topological polar surface area (TPSA) is 63.6 Å². The van der Waals surface area contributed by atoms with E-state index in [4.69, 9.17) is 0 Å². The number of carbonyl (C=O) groups excluding carboxylic acids is 1. The molecule has 0 saturated heterocycles. The quantitative estimate of drug-likeness (QED) is 0.596. The van der Waals surface area contributed by atoms with Gasteiger partial charge in [-0.3, -0.25) is 0 Å². The zero-order chi connectivity index (χ0) is 22.2. The third-order valence-electron chi connectivity index (χ3n) is 4.45. The minimum atomic E-state index is -3.48. The molecule has 3 rings (SSSR count). The molecule has 1 unspecified atom stereocenters. The van der Waals surface area contributed by atoms with Crippen molar-refractivity contribution in [2.45, 2.75) is 18.9 Å². The Morgan fingerprint density at radius 2 is 1.80 bits per heavy atom. The van der Waals surface area contributed by atoms with Crippen molar-refractivity contribution in [1.82, 2.24) is 10.3 Å². The molecule has 2 aromatic rings. The van der Waals surface area contributed by atoms with E-state index in [0.29, 0.717) is 24.4 Å². The van der Waals surface area contributed by atoms with E-state index in [2.05, 4.69) is 20.0 Å². The number of rotatable bonds is 4. The van der Waals surface area contributed by atoms with Gasteiger partial charge >= 0.3 is 5.97 Å². The van der Waals surface area contributed by atoms with Gasteiger partial charge in [-0.2, -0.15) is 0 Å². The van der Waals surface area contributed by atoms with Crippen molar-refractivity contribution >= 4 is 11.8 Å². The highest BCUT2D eigenvalue weighted by Crippen LogP contribution is 2.44. The average molecular weight is 429 g/mol. The standard InChI is InChI=1S/C19H13F6N3O2/c1-8-14(17(29)30-2)19(18(24)25,9-3-4-11(21)12(22)5-9)28-16(27-8)15-13(23)6-10(20)7-26-15/h3-7,18H,1-2H3,(H,27,28). The smallest absolute Gasteiger partial charge is 0.338 e. The number of carbonyl (C=O) groups is 1. The summed E-state index contributed by atoms with van der Waals surface area (Å²) >= 11 is 0. The van der Waals surface area contributed by atoms with Crippen LogP contribution in [-0.4, -0.2) is 30.3 Å². The van der Waals surface area contributed by atoms with Crippen LogP contribution in [0.4, 0.5) is 26.3 Å². The molecule has 0 spiro atoms. The van der Waals surface area contributed by atoms with Crippen molar-refractivity contribution in [3.8, 4) is 0 Å². The Morgan fingerprint density at radius 3 is 2.37 bits per heavy atom. The molecule has 0 aliphatic carbocycles. The molecule has 1 aromatic heterocycles. The lowest BCUT2D eigenvalue weighted by Crippen LogP contribution is -2.47. The maximum absolute atomic E-state index is 14.5. The van der Waals surface area contributed by atoms with E-state index >= 15 is 0 Å². The minimum Gasteiger partial charge on any atom is -0.466 e. The molecule has 0 radical (unpaired) electrons. The summed E-state index contributed by atoms with van der Waals surface area (Å²) in [4.78, 5) is 19.7. The van der Waals surface area contributed by atoms with Gasteiger partial charge in [0.05, 0.1) is 18.9 Å². The molecule has 30 heavy (non-hydrogen) atoms. The number of allylic oxidation sites excluding steroid dienone is 1. The van der Waals surface area contributed by atoms with Crippen LogP contribution in [0, 0.1) is 23.3 Å². The summed E-state index contributed by atoms with van der Waals surface area (Å²) in [5, 5.41) is 2.47. The van der Waals surface area contributed by atoms with Crippen molar-refractivity contribution in [3.05, 3.63) is 76.3 Å². The van der Waals surface area contributed by atoms with Crippen LogP contribution in [0.1, 0.15) is 18.2 Å². The maximum atomic E-state index is 14.5. The largest absolute Gasteiger partial charge is 0.466 e. The summed E-state index contributed by atoms with van der Waals surface area (Å²) in [6.07, 6.45) is -2.84. The summed E-state index contributed by atoms with van der Waals surface area (Å²) in [5.74, 6) is -6.80. The Morgan fingerprint density at radius 1 is 1.10 bits per heavy atom. The van der Waals surface area contributed by atoms with Gasteiger partial charge in [0, 0.05) is 11.8 Å². The van der Waals surface area contributed by atoms with Gasteiger partial charge in [0.15, 0.2) is 28.8 Å². The first kappa shape index (κ1) is 21.3. The lowest BCUT2D eigenvalue weighted by Gasteiger charge is -2.36. The van der Waals surface area contributed by atoms with E-state index in [1.165, 1.54) is 6.92 Å². The Kier molecular flexibility index (Phi) is 5.55. The van der Waals surface area contributed by atoms with Gasteiger partial charge in [0.1, 0.15) is 11.5 Å². The van der Waals surface area contributed by atoms with Crippen LogP contribution in [0.2, 0.25) is 0 Å². The van der Waals surface area contributed by atoms with Crippen molar-refractivity contribution in [2.75, 3.05) is 7.11 Å². The molecule has 0 amide bonds. The van der Waals surface area contributed by atoms with Gasteiger partial charge in [-0.25, -0.2) is 41.1 Å². The van der Waals surface area contributed by atoms with E-state index < -0.39 is 63.9 Å². The molecule has 2 heterocycles. The average Bonchev–Trinajstić information content (AvgIpc) is 2.68. The summed E-state index contributed by atoms with van der Waals surface area (Å²) in [6, 6.07) is 2.33. The fourth-order valence-electron chi connectivity index (χ4n) is 3.12. The third kappa shape index (κ3) is 3.40. The molecule has 158 valence electrons. The number of pyridine rings is 1. The van der Waals surface area contributed by atoms with Crippen LogP contribution >= 0.6 is 0 Å². The predicted octanol–water partition coefficient (Wildman–Crippen LogP) is 3.60. The number of amidine groups is 1. The number of aromatic nitrogens is 1. The van der Waals surface area contributed by atoms with Crippen LogP contribution in [0.3, 0.4) is 0 Å². The molecule has 1 aliphatic heterocycles. The molecule has 0 saturated carbocycles. The molecule has 1 aliphatic rings. The lowest BCUT2D eigenvalue weighted by atomic mass is 9.80. The Labute approximate surface area is 166 Å². The highest BCUT2D eigenvalue weighted by atomic mass is 19.3. The zero-order valence-corrected chi connectivity index (χ0v) is 15.4. The van der Waals surface area contributed by atoms with E-state index in [9.17, 15) is 31.1 Å². The molecule has 0 fully saturated rings. The van der Waals surface area contributed by atoms with E-state index in [1.54, 1.807) is 0 Å². The highest BCUT2D eigenvalue weighted by molar-refractivity contribution is 6.03. The molecule has 1 N–H and O–H groups in total. The van der Waals surface area contributed by atoms with Crippen LogP contribution in [-0.2, 0) is 15.1 Å². The maximum Gasteiger partial charge on any atom is 0.338 e. The second kappa shape index (κ2) is 7.81. The number of hydrogen-bond acceptors (Lipinski definition) is 5. The SMILES string of the molecule is COC(=O)C1=C(C)NC(c2ncc(F)cc2F)=NC1(c1ccc(F)c(F)c1)C(F)F. The predicted molar refractivity (Wildman–Crippen MR) is 92.6 cm³/mol. The fraction of sp³-hybridized carbons (Fsp3) is 0.211. The van der Waals surface area contributed by atoms with Crippen molar-refractivity contribution in [1.29, 1.82) is 0 Å². The molecular weight excluding hydrogens is 416 g/mol. The van der Waals surface area contributed by atoms with Crippen molar-refractivity contribution in [3.63, 3.8) is 0 Å². The molecular formula is C19H13F6N3O2. The second-order valence-corrected chi connectivity index (χ2v) is 6.26. The van der Waals surface area contributed by atoms with Crippen molar-refractivity contribution in [2.24, 2.45) is 4.99 Å². The Bertz CT molecular complexity index is 1090. The summed E-state index contributed by atoms with van der Waals surface area (Å²) in [6.45, 7) is 1.21. The number of alkyl halides is 2. The summed E-state index contributed by atoms with van der Waals surface area (Å²) in [5.41, 5.74) is -5.00. The number of nitrogens with zero attached hydrogens (tertiary/aromatic N) is 2. The first-order chi connectivity index (χ1) is 14.1. The fourth-order valence-corrected chi connectivity index (χ4v) is 3.12. The number of nitrogens with one attached hydrogen (secondary N) is 1. The van der Waals surface area contributed by atoms with Gasteiger partial charge in [-0.15, -0.1) is 0 Å². The van der Waals surface area contributed by atoms with E-state index in [-0.39, 0.29) is 5.70 Å². The first-order valence-electron chi connectivity index (χ1n) is 8.33.